The minimum Gasteiger partial charge on any atom is -0.492 e. The number of fused-ring (bicyclic) bond motifs is 1. The second-order valence-electron chi connectivity index (χ2n) is 10.8. The number of ether oxygens (including phenoxy) is 1. The van der Waals surface area contributed by atoms with E-state index in [1.807, 2.05) is 65.2 Å². The molecule has 3 rings (SSSR count). The van der Waals surface area contributed by atoms with Crippen LogP contribution in [0.5, 0.6) is 5.75 Å². The van der Waals surface area contributed by atoms with Crippen LogP contribution >= 0.6 is 0 Å². The van der Waals surface area contributed by atoms with Crippen LogP contribution in [-0.2, 0) is 0 Å². The molecule has 2 aromatic rings. The predicted molar refractivity (Wildman–Crippen MR) is 148 cm³/mol. The Labute approximate surface area is 215 Å². The first-order valence-corrected chi connectivity index (χ1v) is 12.6. The van der Waals surface area contributed by atoms with E-state index in [9.17, 15) is 4.79 Å². The largest absolute Gasteiger partial charge is 0.492 e. The number of nitrogens with one attached hydrogen (secondary N) is 2. The van der Waals surface area contributed by atoms with Crippen LogP contribution in [0, 0.1) is 5.41 Å². The number of allylic oxidation sites excluding steroid dienone is 1. The zero-order valence-corrected chi connectivity index (χ0v) is 22.5. The molecular weight excluding hydrogens is 450 g/mol. The summed E-state index contributed by atoms with van der Waals surface area (Å²) in [5.41, 5.74) is 9.84. The van der Waals surface area contributed by atoms with E-state index in [1.165, 1.54) is 11.1 Å². The normalized spacial score (nSPS) is 18.5. The van der Waals surface area contributed by atoms with E-state index in [1.54, 1.807) is 6.08 Å². The van der Waals surface area contributed by atoms with Crippen molar-refractivity contribution in [1.29, 1.82) is 0 Å². The summed E-state index contributed by atoms with van der Waals surface area (Å²) in [6.45, 7) is 9.69. The lowest BCUT2D eigenvalue weighted by Crippen LogP contribution is -2.42. The Morgan fingerprint density at radius 1 is 1.14 bits per heavy atom. The van der Waals surface area contributed by atoms with E-state index < -0.39 is 0 Å². The lowest BCUT2D eigenvalue weighted by atomic mass is 9.81. The molecule has 194 valence electrons. The second-order valence-corrected chi connectivity index (χ2v) is 10.8. The SMILES string of the molecule is CC1CC[C@H](NC(=O)NC(/C=C(\N)C(C)(C)C)=Nc2cccc(OCCN(C)C)c2)c2ccccc21. The van der Waals surface area contributed by atoms with Crippen LogP contribution in [0.2, 0.25) is 0 Å². The minimum atomic E-state index is -0.306. The van der Waals surface area contributed by atoms with Crippen molar-refractivity contribution < 1.29 is 9.53 Å². The zero-order valence-electron chi connectivity index (χ0n) is 22.5. The fourth-order valence-corrected chi connectivity index (χ4v) is 4.05. The summed E-state index contributed by atoms with van der Waals surface area (Å²) in [6, 6.07) is 15.5. The first kappa shape index (κ1) is 27.3. The zero-order chi connectivity index (χ0) is 26.3. The molecule has 36 heavy (non-hydrogen) atoms. The summed E-state index contributed by atoms with van der Waals surface area (Å²) >= 11 is 0. The van der Waals surface area contributed by atoms with E-state index >= 15 is 0 Å². The van der Waals surface area contributed by atoms with Crippen molar-refractivity contribution >= 4 is 17.6 Å². The number of amidine groups is 1. The van der Waals surface area contributed by atoms with Crippen LogP contribution in [0.15, 0.2) is 65.3 Å². The average Bonchev–Trinajstić information content (AvgIpc) is 2.80. The highest BCUT2D eigenvalue weighted by Crippen LogP contribution is 2.36. The van der Waals surface area contributed by atoms with Crippen molar-refractivity contribution in [3.05, 3.63) is 71.4 Å². The van der Waals surface area contributed by atoms with Crippen molar-refractivity contribution in [3.8, 4) is 5.75 Å². The Morgan fingerprint density at radius 3 is 2.56 bits per heavy atom. The van der Waals surface area contributed by atoms with Gasteiger partial charge in [-0.3, -0.25) is 5.32 Å². The summed E-state index contributed by atoms with van der Waals surface area (Å²) in [6.07, 6.45) is 3.65. The summed E-state index contributed by atoms with van der Waals surface area (Å²) in [5, 5.41) is 6.07. The number of carbonyl (C=O) groups excluding carboxylic acids is 1. The van der Waals surface area contributed by atoms with E-state index in [0.29, 0.717) is 29.7 Å². The molecule has 0 fully saturated rings. The van der Waals surface area contributed by atoms with Gasteiger partial charge in [0.1, 0.15) is 18.2 Å². The van der Waals surface area contributed by atoms with Crippen LogP contribution in [-0.4, -0.2) is 44.0 Å². The Hall–Kier alpha value is -3.32. The number of carbonyl (C=O) groups is 1. The van der Waals surface area contributed by atoms with Gasteiger partial charge in [-0.05, 0) is 56.1 Å². The van der Waals surface area contributed by atoms with Crippen LogP contribution in [0.3, 0.4) is 0 Å². The van der Waals surface area contributed by atoms with Gasteiger partial charge in [0, 0.05) is 29.8 Å². The van der Waals surface area contributed by atoms with Crippen LogP contribution < -0.4 is 21.1 Å². The number of aliphatic imine (C=N–C) groups is 1. The van der Waals surface area contributed by atoms with Gasteiger partial charge in [-0.2, -0.15) is 0 Å². The molecule has 0 saturated heterocycles. The number of urea groups is 1. The molecule has 0 aromatic heterocycles. The van der Waals surface area contributed by atoms with E-state index in [2.05, 4.69) is 40.7 Å². The van der Waals surface area contributed by atoms with Gasteiger partial charge in [-0.25, -0.2) is 9.79 Å². The smallest absolute Gasteiger partial charge is 0.320 e. The maximum absolute atomic E-state index is 13.1. The van der Waals surface area contributed by atoms with Gasteiger partial charge in [0.25, 0.3) is 0 Å². The third kappa shape index (κ3) is 7.85. The van der Waals surface area contributed by atoms with E-state index in [0.717, 1.165) is 25.1 Å². The molecule has 2 aromatic carbocycles. The molecular formula is C29H41N5O2. The van der Waals surface area contributed by atoms with Crippen LogP contribution in [0.4, 0.5) is 10.5 Å². The molecule has 7 heteroatoms. The first-order valence-electron chi connectivity index (χ1n) is 12.6. The second kappa shape index (κ2) is 12.1. The molecule has 0 spiro atoms. The number of nitrogens with two attached hydrogens (primary N) is 1. The molecule has 0 radical (unpaired) electrons. The lowest BCUT2D eigenvalue weighted by molar-refractivity contribution is 0.239. The Bertz CT molecular complexity index is 1100. The van der Waals surface area contributed by atoms with Crippen LogP contribution in [0.25, 0.3) is 0 Å². The number of benzene rings is 2. The first-order chi connectivity index (χ1) is 17.0. The molecule has 2 atom stereocenters. The number of likely N-dealkylation sites (N-methyl/N-ethyl adjacent to an activating group) is 1. The van der Waals surface area contributed by atoms with Crippen molar-refractivity contribution in [2.75, 3.05) is 27.2 Å². The van der Waals surface area contributed by atoms with Crippen molar-refractivity contribution in [2.45, 2.75) is 52.5 Å². The third-order valence-corrected chi connectivity index (χ3v) is 6.37. The van der Waals surface area contributed by atoms with Crippen molar-refractivity contribution in [3.63, 3.8) is 0 Å². The van der Waals surface area contributed by atoms with Crippen molar-refractivity contribution in [2.24, 2.45) is 16.1 Å². The van der Waals surface area contributed by atoms with Gasteiger partial charge >= 0.3 is 6.03 Å². The fraction of sp³-hybridized carbons (Fsp3) is 0.448. The average molecular weight is 492 g/mol. The molecule has 2 amide bonds. The molecule has 1 unspecified atom stereocenters. The lowest BCUT2D eigenvalue weighted by Gasteiger charge is -2.30. The Morgan fingerprint density at radius 2 is 1.86 bits per heavy atom. The molecule has 7 nitrogen and oxygen atoms in total. The highest BCUT2D eigenvalue weighted by molar-refractivity contribution is 6.05. The van der Waals surface area contributed by atoms with E-state index in [-0.39, 0.29) is 17.5 Å². The molecule has 0 bridgehead atoms. The third-order valence-electron chi connectivity index (χ3n) is 6.37. The number of amides is 2. The summed E-state index contributed by atoms with van der Waals surface area (Å²) in [4.78, 5) is 19.9. The number of nitrogens with zero attached hydrogens (tertiary/aromatic N) is 2. The number of hydrogen-bond acceptors (Lipinski definition) is 5. The van der Waals surface area contributed by atoms with Gasteiger partial charge in [0.15, 0.2) is 0 Å². The highest BCUT2D eigenvalue weighted by atomic mass is 16.5. The minimum absolute atomic E-state index is 0.0454. The van der Waals surface area contributed by atoms with Gasteiger partial charge in [0.2, 0.25) is 0 Å². The Balaban J connectivity index is 1.80. The fourth-order valence-electron chi connectivity index (χ4n) is 4.05. The molecule has 0 saturated carbocycles. The Kier molecular flexibility index (Phi) is 9.15. The maximum atomic E-state index is 13.1. The monoisotopic (exact) mass is 491 g/mol. The summed E-state index contributed by atoms with van der Waals surface area (Å²) < 4.78 is 5.85. The molecule has 0 heterocycles. The molecule has 1 aliphatic rings. The summed E-state index contributed by atoms with van der Waals surface area (Å²) in [7, 11) is 4.01. The topological polar surface area (TPSA) is 92.0 Å². The maximum Gasteiger partial charge on any atom is 0.320 e. The van der Waals surface area contributed by atoms with Gasteiger partial charge in [-0.1, -0.05) is 58.0 Å². The molecule has 0 aliphatic heterocycles. The quantitative estimate of drug-likeness (QED) is 0.353. The van der Waals surface area contributed by atoms with Crippen LogP contribution in [0.1, 0.15) is 63.6 Å². The van der Waals surface area contributed by atoms with Gasteiger partial charge in [-0.15, -0.1) is 0 Å². The van der Waals surface area contributed by atoms with Gasteiger partial charge in [0.05, 0.1) is 11.7 Å². The van der Waals surface area contributed by atoms with Gasteiger partial charge < -0.3 is 20.7 Å². The summed E-state index contributed by atoms with van der Waals surface area (Å²) in [5.74, 6) is 1.59. The van der Waals surface area contributed by atoms with E-state index in [4.69, 9.17) is 15.5 Å². The molecule has 4 N–H and O–H groups in total. The number of rotatable bonds is 7. The standard InChI is InChI=1S/C29H41N5O2/c1-20-14-15-25(24-13-8-7-12-23(20)24)32-28(35)33-27(19-26(30)29(2,3)4)31-21-10-9-11-22(18-21)36-17-16-34(5)6/h7-13,18-20,25H,14-17,30H2,1-6H3,(H2,31,32,33,35)/b26-19-/t20?,25-/m0/s1. The highest BCUT2D eigenvalue weighted by Gasteiger charge is 2.26. The predicted octanol–water partition coefficient (Wildman–Crippen LogP) is 5.48. The van der Waals surface area contributed by atoms with Crippen molar-refractivity contribution in [1.82, 2.24) is 15.5 Å². The molecule has 1 aliphatic carbocycles. The number of hydrogen-bond donors (Lipinski definition) is 3.